The lowest BCUT2D eigenvalue weighted by atomic mass is 9.98. The van der Waals surface area contributed by atoms with Crippen molar-refractivity contribution in [3.05, 3.63) is 0 Å². The summed E-state index contributed by atoms with van der Waals surface area (Å²) in [5, 5.41) is 8.74. The third-order valence-corrected chi connectivity index (χ3v) is 4.10. The lowest BCUT2D eigenvalue weighted by molar-refractivity contribution is -0.138. The Morgan fingerprint density at radius 2 is 2.38 bits per heavy atom. The predicted octanol–water partition coefficient (Wildman–Crippen LogP) is 0.898. The molecule has 0 spiro atoms. The molecule has 74 valence electrons. The van der Waals surface area contributed by atoms with Crippen molar-refractivity contribution >= 4 is 17.7 Å². The van der Waals surface area contributed by atoms with E-state index in [2.05, 4.69) is 4.90 Å². The molecular weight excluding hydrogens is 186 g/mol. The van der Waals surface area contributed by atoms with E-state index in [1.54, 1.807) is 0 Å². The molecular formula is C9H15NO2S. The number of nitrogens with zero attached hydrogens (tertiary/aromatic N) is 1. The summed E-state index contributed by atoms with van der Waals surface area (Å²) in [5.74, 6) is 2.13. The average Bonchev–Trinajstić information content (AvgIpc) is 2.48. The second kappa shape index (κ2) is 3.88. The highest BCUT2D eigenvalue weighted by Gasteiger charge is 2.36. The summed E-state index contributed by atoms with van der Waals surface area (Å²) < 4.78 is 0. The third-order valence-electron chi connectivity index (χ3n) is 3.05. The van der Waals surface area contributed by atoms with Gasteiger partial charge in [0.2, 0.25) is 0 Å². The van der Waals surface area contributed by atoms with Crippen molar-refractivity contribution in [2.45, 2.75) is 18.9 Å². The normalized spacial score (nSPS) is 34.5. The monoisotopic (exact) mass is 201 g/mol. The van der Waals surface area contributed by atoms with E-state index in [9.17, 15) is 4.79 Å². The van der Waals surface area contributed by atoms with Crippen LogP contribution in [0.15, 0.2) is 0 Å². The maximum absolute atomic E-state index is 10.6. The number of fused-ring (bicyclic) bond motifs is 1. The molecule has 3 nitrogen and oxygen atoms in total. The standard InChI is InChI=1S/C9H15NO2S/c11-9(12)5-7-1-2-10-3-4-13-6-8(7)10/h7-8H,1-6H2,(H,11,12). The number of hydrogen-bond donors (Lipinski definition) is 1. The first kappa shape index (κ1) is 9.34. The van der Waals surface area contributed by atoms with Crippen molar-refractivity contribution < 1.29 is 9.90 Å². The molecule has 2 unspecified atom stereocenters. The number of carbonyl (C=O) groups is 1. The number of carboxylic acid groups (broad SMARTS) is 1. The van der Waals surface area contributed by atoms with Crippen LogP contribution in [0.2, 0.25) is 0 Å². The summed E-state index contributed by atoms with van der Waals surface area (Å²) in [4.78, 5) is 13.1. The van der Waals surface area contributed by atoms with Gasteiger partial charge in [0.25, 0.3) is 0 Å². The molecule has 0 aromatic rings. The zero-order valence-electron chi connectivity index (χ0n) is 7.61. The van der Waals surface area contributed by atoms with Gasteiger partial charge in [-0.05, 0) is 18.9 Å². The number of aliphatic carboxylic acids is 1. The summed E-state index contributed by atoms with van der Waals surface area (Å²) in [6.07, 6.45) is 1.44. The van der Waals surface area contributed by atoms with Crippen molar-refractivity contribution in [2.24, 2.45) is 5.92 Å². The van der Waals surface area contributed by atoms with Crippen LogP contribution in [0.4, 0.5) is 0 Å². The van der Waals surface area contributed by atoms with Crippen molar-refractivity contribution in [2.75, 3.05) is 24.6 Å². The highest BCUT2D eigenvalue weighted by molar-refractivity contribution is 7.99. The molecule has 0 aromatic heterocycles. The highest BCUT2D eigenvalue weighted by atomic mass is 32.2. The topological polar surface area (TPSA) is 40.5 Å². The van der Waals surface area contributed by atoms with Gasteiger partial charge in [0, 0.05) is 30.5 Å². The molecule has 0 amide bonds. The third kappa shape index (κ3) is 1.99. The molecule has 0 bridgehead atoms. The molecule has 2 fully saturated rings. The Balaban J connectivity index is 1.94. The SMILES string of the molecule is O=C(O)CC1CCN2CCSCC12. The average molecular weight is 201 g/mol. The molecule has 0 aliphatic carbocycles. The fourth-order valence-electron chi connectivity index (χ4n) is 2.36. The Hall–Kier alpha value is -0.220. The van der Waals surface area contributed by atoms with E-state index >= 15 is 0 Å². The van der Waals surface area contributed by atoms with Crippen LogP contribution in [-0.4, -0.2) is 46.6 Å². The Morgan fingerprint density at radius 3 is 3.15 bits per heavy atom. The molecule has 2 aliphatic rings. The molecule has 4 heteroatoms. The summed E-state index contributed by atoms with van der Waals surface area (Å²) in [6, 6.07) is 0.551. The zero-order chi connectivity index (χ0) is 9.26. The van der Waals surface area contributed by atoms with Gasteiger partial charge in [-0.25, -0.2) is 0 Å². The van der Waals surface area contributed by atoms with Crippen LogP contribution in [-0.2, 0) is 4.79 Å². The van der Waals surface area contributed by atoms with Crippen LogP contribution in [0.5, 0.6) is 0 Å². The van der Waals surface area contributed by atoms with E-state index in [4.69, 9.17) is 5.11 Å². The molecule has 2 saturated heterocycles. The summed E-state index contributed by atoms with van der Waals surface area (Å²) >= 11 is 1.97. The van der Waals surface area contributed by atoms with Crippen LogP contribution in [0.1, 0.15) is 12.8 Å². The highest BCUT2D eigenvalue weighted by Crippen LogP contribution is 2.32. The molecule has 2 rings (SSSR count). The van der Waals surface area contributed by atoms with Crippen molar-refractivity contribution in [1.82, 2.24) is 4.90 Å². The lowest BCUT2D eigenvalue weighted by Crippen LogP contribution is -2.40. The van der Waals surface area contributed by atoms with Gasteiger partial charge < -0.3 is 5.11 Å². The summed E-state index contributed by atoms with van der Waals surface area (Å²) in [5.41, 5.74) is 0. The van der Waals surface area contributed by atoms with Gasteiger partial charge in [0.15, 0.2) is 0 Å². The Labute approximate surface area is 82.5 Å². The minimum Gasteiger partial charge on any atom is -0.481 e. The minimum atomic E-state index is -0.637. The summed E-state index contributed by atoms with van der Waals surface area (Å²) in [7, 11) is 0. The zero-order valence-corrected chi connectivity index (χ0v) is 8.42. The largest absolute Gasteiger partial charge is 0.481 e. The number of hydrogen-bond acceptors (Lipinski definition) is 3. The van der Waals surface area contributed by atoms with Gasteiger partial charge in [0.1, 0.15) is 0 Å². The molecule has 2 heterocycles. The Bertz CT molecular complexity index is 210. The second-order valence-electron chi connectivity index (χ2n) is 3.82. The van der Waals surface area contributed by atoms with Gasteiger partial charge in [-0.2, -0.15) is 11.8 Å². The van der Waals surface area contributed by atoms with Crippen LogP contribution >= 0.6 is 11.8 Å². The van der Waals surface area contributed by atoms with Gasteiger partial charge in [-0.3, -0.25) is 9.69 Å². The number of carboxylic acids is 1. The van der Waals surface area contributed by atoms with Crippen molar-refractivity contribution in [1.29, 1.82) is 0 Å². The fraction of sp³-hybridized carbons (Fsp3) is 0.889. The smallest absolute Gasteiger partial charge is 0.303 e. The van der Waals surface area contributed by atoms with E-state index in [1.165, 1.54) is 5.75 Å². The first-order valence-electron chi connectivity index (χ1n) is 4.81. The van der Waals surface area contributed by atoms with Gasteiger partial charge in [-0.15, -0.1) is 0 Å². The quantitative estimate of drug-likeness (QED) is 0.720. The molecule has 1 N–H and O–H groups in total. The van der Waals surface area contributed by atoms with E-state index in [0.29, 0.717) is 18.4 Å². The number of thioether (sulfide) groups is 1. The molecule has 0 radical (unpaired) electrons. The van der Waals surface area contributed by atoms with E-state index in [0.717, 1.165) is 25.3 Å². The van der Waals surface area contributed by atoms with Crippen LogP contribution in [0.3, 0.4) is 0 Å². The van der Waals surface area contributed by atoms with E-state index < -0.39 is 5.97 Å². The van der Waals surface area contributed by atoms with Crippen molar-refractivity contribution in [3.8, 4) is 0 Å². The van der Waals surface area contributed by atoms with E-state index in [-0.39, 0.29) is 0 Å². The Kier molecular flexibility index (Phi) is 2.79. The number of rotatable bonds is 2. The van der Waals surface area contributed by atoms with Gasteiger partial charge in [0.05, 0.1) is 0 Å². The lowest BCUT2D eigenvalue weighted by Gasteiger charge is -2.31. The summed E-state index contributed by atoms with van der Waals surface area (Å²) in [6.45, 7) is 2.27. The first-order valence-corrected chi connectivity index (χ1v) is 5.96. The van der Waals surface area contributed by atoms with Crippen LogP contribution in [0, 0.1) is 5.92 Å². The molecule has 2 atom stereocenters. The molecule has 13 heavy (non-hydrogen) atoms. The first-order chi connectivity index (χ1) is 6.27. The molecule has 0 aromatic carbocycles. The molecule has 0 saturated carbocycles. The molecule has 2 aliphatic heterocycles. The minimum absolute atomic E-state index is 0.363. The maximum atomic E-state index is 10.6. The van der Waals surface area contributed by atoms with Crippen molar-refractivity contribution in [3.63, 3.8) is 0 Å². The van der Waals surface area contributed by atoms with Crippen LogP contribution in [0.25, 0.3) is 0 Å². The van der Waals surface area contributed by atoms with Gasteiger partial charge in [-0.1, -0.05) is 0 Å². The van der Waals surface area contributed by atoms with Gasteiger partial charge >= 0.3 is 5.97 Å². The Morgan fingerprint density at radius 1 is 1.54 bits per heavy atom. The van der Waals surface area contributed by atoms with E-state index in [1.807, 2.05) is 11.8 Å². The fourth-order valence-corrected chi connectivity index (χ4v) is 3.61. The predicted molar refractivity (Wildman–Crippen MR) is 53.0 cm³/mol. The second-order valence-corrected chi connectivity index (χ2v) is 4.97. The maximum Gasteiger partial charge on any atom is 0.303 e. The van der Waals surface area contributed by atoms with Crippen LogP contribution < -0.4 is 0 Å².